The Bertz CT molecular complexity index is 679. The molecule has 0 unspecified atom stereocenters. The SMILES string of the molecule is CNC.Cc1cc(C(=O)c2cccn2C)cc(C(C)(C)C)c1O. The van der Waals surface area contributed by atoms with Gasteiger partial charge in [0.15, 0.2) is 0 Å². The molecule has 2 aromatic rings. The van der Waals surface area contributed by atoms with Crippen LogP contribution in [0.1, 0.15) is 48.0 Å². The van der Waals surface area contributed by atoms with Gasteiger partial charge in [-0.15, -0.1) is 0 Å². The minimum Gasteiger partial charge on any atom is -0.507 e. The number of hydrogen-bond donors (Lipinski definition) is 2. The Morgan fingerprint density at radius 1 is 1.22 bits per heavy atom. The lowest BCUT2D eigenvalue weighted by Crippen LogP contribution is -2.14. The van der Waals surface area contributed by atoms with Gasteiger partial charge in [0.05, 0.1) is 5.69 Å². The van der Waals surface area contributed by atoms with Crippen molar-refractivity contribution in [2.75, 3.05) is 14.1 Å². The number of ketones is 1. The maximum atomic E-state index is 12.6. The summed E-state index contributed by atoms with van der Waals surface area (Å²) in [4.78, 5) is 12.6. The molecule has 1 aromatic heterocycles. The summed E-state index contributed by atoms with van der Waals surface area (Å²) in [5, 5.41) is 13.0. The lowest BCUT2D eigenvalue weighted by Gasteiger charge is -2.22. The molecule has 1 aromatic carbocycles. The molecule has 4 heteroatoms. The minimum atomic E-state index is -0.209. The molecule has 0 fully saturated rings. The first kappa shape index (κ1) is 19.0. The van der Waals surface area contributed by atoms with E-state index in [0.717, 1.165) is 11.1 Å². The minimum absolute atomic E-state index is 0.0221. The van der Waals surface area contributed by atoms with Gasteiger partial charge < -0.3 is 15.0 Å². The number of phenols is 1. The van der Waals surface area contributed by atoms with Gasteiger partial charge in [-0.2, -0.15) is 0 Å². The lowest BCUT2D eigenvalue weighted by atomic mass is 9.83. The highest BCUT2D eigenvalue weighted by Gasteiger charge is 2.22. The number of benzene rings is 1. The van der Waals surface area contributed by atoms with Crippen molar-refractivity contribution in [1.29, 1.82) is 0 Å². The summed E-state index contributed by atoms with van der Waals surface area (Å²) in [5.41, 5.74) is 2.59. The third-order valence-electron chi connectivity index (χ3n) is 3.55. The Kier molecular flexibility index (Phi) is 6.16. The predicted octanol–water partition coefficient (Wildman–Crippen LogP) is 3.40. The summed E-state index contributed by atoms with van der Waals surface area (Å²) in [5.74, 6) is 0.257. The number of nitrogens with zero attached hydrogens (tertiary/aromatic N) is 1. The number of carbonyl (C=O) groups excluding carboxylic acids is 1. The van der Waals surface area contributed by atoms with Crippen molar-refractivity contribution in [1.82, 2.24) is 9.88 Å². The fourth-order valence-corrected chi connectivity index (χ4v) is 2.33. The van der Waals surface area contributed by atoms with Crippen LogP contribution < -0.4 is 5.32 Å². The zero-order chi connectivity index (χ0) is 17.8. The number of aryl methyl sites for hydroxylation is 2. The summed E-state index contributed by atoms with van der Waals surface area (Å²) in [6.07, 6.45) is 1.85. The van der Waals surface area contributed by atoms with Crippen LogP contribution >= 0.6 is 0 Å². The highest BCUT2D eigenvalue weighted by Crippen LogP contribution is 2.34. The molecule has 126 valence electrons. The van der Waals surface area contributed by atoms with Gasteiger partial charge in [-0.05, 0) is 56.3 Å². The molecule has 0 atom stereocenters. The average Bonchev–Trinajstić information content (AvgIpc) is 2.86. The van der Waals surface area contributed by atoms with Crippen LogP contribution in [-0.4, -0.2) is 29.6 Å². The monoisotopic (exact) mass is 316 g/mol. The fourth-order valence-electron chi connectivity index (χ4n) is 2.33. The maximum Gasteiger partial charge on any atom is 0.209 e. The third kappa shape index (κ3) is 4.45. The molecule has 0 spiro atoms. The molecule has 0 aliphatic rings. The van der Waals surface area contributed by atoms with Crippen LogP contribution in [0.3, 0.4) is 0 Å². The highest BCUT2D eigenvalue weighted by molar-refractivity contribution is 6.08. The van der Waals surface area contributed by atoms with Crippen molar-refractivity contribution < 1.29 is 9.90 Å². The molecule has 0 saturated carbocycles. The summed E-state index contributed by atoms with van der Waals surface area (Å²) < 4.78 is 1.81. The van der Waals surface area contributed by atoms with E-state index in [1.807, 2.05) is 61.1 Å². The van der Waals surface area contributed by atoms with E-state index in [2.05, 4.69) is 5.32 Å². The standard InChI is InChI=1S/C17H21NO2.C2H7N/c1-11-9-12(10-13(15(11)19)17(2,3)4)16(20)14-7-6-8-18(14)5;1-3-2/h6-10,19H,1-5H3;3H,1-2H3. The Morgan fingerprint density at radius 2 is 1.78 bits per heavy atom. The molecule has 1 heterocycles. The molecule has 0 radical (unpaired) electrons. The van der Waals surface area contributed by atoms with E-state index in [4.69, 9.17) is 0 Å². The van der Waals surface area contributed by atoms with Gasteiger partial charge in [0.2, 0.25) is 5.78 Å². The Morgan fingerprint density at radius 3 is 2.22 bits per heavy atom. The topological polar surface area (TPSA) is 54.3 Å². The first-order valence-electron chi connectivity index (χ1n) is 7.72. The second kappa shape index (κ2) is 7.47. The molecule has 0 saturated heterocycles. The zero-order valence-electron chi connectivity index (χ0n) is 15.2. The molecular formula is C19H28N2O2. The molecule has 23 heavy (non-hydrogen) atoms. The second-order valence-electron chi connectivity index (χ2n) is 6.77. The Hall–Kier alpha value is -2.07. The number of nitrogens with one attached hydrogen (secondary N) is 1. The molecule has 2 rings (SSSR count). The number of carbonyl (C=O) groups is 1. The van der Waals surface area contributed by atoms with E-state index in [0.29, 0.717) is 11.3 Å². The lowest BCUT2D eigenvalue weighted by molar-refractivity contribution is 0.103. The largest absolute Gasteiger partial charge is 0.507 e. The third-order valence-corrected chi connectivity index (χ3v) is 3.55. The molecule has 0 bridgehead atoms. The Labute approximate surface area is 139 Å². The van der Waals surface area contributed by atoms with Gasteiger partial charge in [0.1, 0.15) is 5.75 Å². The molecular weight excluding hydrogens is 288 g/mol. The molecule has 0 aliphatic carbocycles. The zero-order valence-corrected chi connectivity index (χ0v) is 15.2. The van der Waals surface area contributed by atoms with Gasteiger partial charge in [0.25, 0.3) is 0 Å². The van der Waals surface area contributed by atoms with Crippen LogP contribution in [0.25, 0.3) is 0 Å². The quantitative estimate of drug-likeness (QED) is 0.835. The molecule has 0 aliphatic heterocycles. The summed E-state index contributed by atoms with van der Waals surface area (Å²) in [6, 6.07) is 7.21. The molecule has 4 nitrogen and oxygen atoms in total. The van der Waals surface area contributed by atoms with E-state index >= 15 is 0 Å². The van der Waals surface area contributed by atoms with Crippen LogP contribution in [-0.2, 0) is 12.5 Å². The van der Waals surface area contributed by atoms with E-state index in [1.54, 1.807) is 22.8 Å². The summed E-state index contributed by atoms with van der Waals surface area (Å²) >= 11 is 0. The van der Waals surface area contributed by atoms with E-state index in [9.17, 15) is 9.90 Å². The van der Waals surface area contributed by atoms with Gasteiger partial charge in [-0.1, -0.05) is 20.8 Å². The second-order valence-corrected chi connectivity index (χ2v) is 6.77. The smallest absolute Gasteiger partial charge is 0.209 e. The van der Waals surface area contributed by atoms with Crippen LogP contribution in [0.4, 0.5) is 0 Å². The van der Waals surface area contributed by atoms with Crippen molar-refractivity contribution in [2.24, 2.45) is 7.05 Å². The van der Waals surface area contributed by atoms with Crippen molar-refractivity contribution >= 4 is 5.78 Å². The first-order chi connectivity index (χ1) is 10.6. The fraction of sp³-hybridized carbons (Fsp3) is 0.421. The summed E-state index contributed by atoms with van der Waals surface area (Å²) in [7, 11) is 5.60. The van der Waals surface area contributed by atoms with Gasteiger partial charge >= 0.3 is 0 Å². The van der Waals surface area contributed by atoms with Crippen LogP contribution in [0, 0.1) is 6.92 Å². The highest BCUT2D eigenvalue weighted by atomic mass is 16.3. The van der Waals surface area contributed by atoms with Crippen LogP contribution in [0.2, 0.25) is 0 Å². The van der Waals surface area contributed by atoms with Crippen LogP contribution in [0.5, 0.6) is 5.75 Å². The van der Waals surface area contributed by atoms with Gasteiger partial charge in [-0.25, -0.2) is 0 Å². The van der Waals surface area contributed by atoms with Crippen molar-refractivity contribution in [2.45, 2.75) is 33.1 Å². The van der Waals surface area contributed by atoms with Crippen molar-refractivity contribution in [3.05, 3.63) is 52.8 Å². The van der Waals surface area contributed by atoms with E-state index < -0.39 is 0 Å². The van der Waals surface area contributed by atoms with Crippen molar-refractivity contribution in [3.63, 3.8) is 0 Å². The van der Waals surface area contributed by atoms with E-state index in [1.165, 1.54) is 0 Å². The van der Waals surface area contributed by atoms with Gasteiger partial charge in [-0.3, -0.25) is 4.79 Å². The number of hydrogen-bond acceptors (Lipinski definition) is 3. The Balaban J connectivity index is 0.000000816. The number of rotatable bonds is 2. The van der Waals surface area contributed by atoms with Crippen LogP contribution in [0.15, 0.2) is 30.5 Å². The maximum absolute atomic E-state index is 12.6. The number of aromatic hydroxyl groups is 1. The average molecular weight is 316 g/mol. The predicted molar refractivity (Wildman–Crippen MR) is 95.4 cm³/mol. The normalized spacial score (nSPS) is 10.9. The number of phenolic OH excluding ortho intramolecular Hbond substituents is 1. The van der Waals surface area contributed by atoms with Crippen molar-refractivity contribution in [3.8, 4) is 5.75 Å². The summed E-state index contributed by atoms with van der Waals surface area (Å²) in [6.45, 7) is 7.90. The van der Waals surface area contributed by atoms with E-state index in [-0.39, 0.29) is 16.9 Å². The van der Waals surface area contributed by atoms with Gasteiger partial charge in [0, 0.05) is 24.4 Å². The first-order valence-corrected chi connectivity index (χ1v) is 7.72. The molecule has 0 amide bonds. The molecule has 2 N–H and O–H groups in total. The number of aromatic nitrogens is 1.